The smallest absolute Gasteiger partial charge is 0.137 e. The third-order valence-corrected chi connectivity index (χ3v) is 3.49. The Hall–Kier alpha value is -0.730. The molecule has 0 aliphatic rings. The molecule has 0 bridgehead atoms. The highest BCUT2D eigenvalue weighted by Crippen LogP contribution is 2.40. The molecule has 1 atom stereocenters. The molecule has 0 amide bonds. The topological polar surface area (TPSA) is 29.5 Å². The van der Waals surface area contributed by atoms with Gasteiger partial charge in [0.05, 0.1) is 17.7 Å². The Kier molecular flexibility index (Phi) is 3.56. The average Bonchev–Trinajstić information content (AvgIpc) is 2.16. The van der Waals surface area contributed by atoms with Crippen LogP contribution in [0.3, 0.4) is 0 Å². The summed E-state index contributed by atoms with van der Waals surface area (Å²) in [4.78, 5) is 0. The summed E-state index contributed by atoms with van der Waals surface area (Å²) in [5.41, 5.74) is -0.377. The zero-order chi connectivity index (χ0) is 12.6. The van der Waals surface area contributed by atoms with E-state index in [9.17, 15) is 5.11 Å². The molecule has 0 saturated carbocycles. The van der Waals surface area contributed by atoms with Crippen LogP contribution >= 0.6 is 11.6 Å². The van der Waals surface area contributed by atoms with Crippen LogP contribution in [-0.2, 0) is 5.60 Å². The maximum Gasteiger partial charge on any atom is 0.137 e. The van der Waals surface area contributed by atoms with Crippen LogP contribution < -0.4 is 4.74 Å². The molecule has 0 radical (unpaired) electrons. The maximum absolute atomic E-state index is 10.5. The van der Waals surface area contributed by atoms with E-state index < -0.39 is 5.60 Å². The van der Waals surface area contributed by atoms with Gasteiger partial charge in [0.2, 0.25) is 0 Å². The van der Waals surface area contributed by atoms with Crippen LogP contribution in [0.25, 0.3) is 0 Å². The summed E-state index contributed by atoms with van der Waals surface area (Å²) >= 11 is 5.95. The summed E-state index contributed by atoms with van der Waals surface area (Å²) in [6.07, 6.45) is 0. The van der Waals surface area contributed by atoms with Crippen LogP contribution in [0.1, 0.15) is 33.3 Å². The van der Waals surface area contributed by atoms with Crippen molar-refractivity contribution < 1.29 is 9.84 Å². The fraction of sp³-hybridized carbons (Fsp3) is 0.538. The largest absolute Gasteiger partial charge is 0.495 e. The minimum Gasteiger partial charge on any atom is -0.495 e. The second kappa shape index (κ2) is 4.27. The highest BCUT2D eigenvalue weighted by Gasteiger charge is 2.37. The van der Waals surface area contributed by atoms with Gasteiger partial charge in [0.25, 0.3) is 0 Å². The third-order valence-electron chi connectivity index (χ3n) is 3.17. The van der Waals surface area contributed by atoms with Crippen LogP contribution in [0.5, 0.6) is 5.75 Å². The maximum atomic E-state index is 10.5. The molecular weight excluding hydrogens is 224 g/mol. The van der Waals surface area contributed by atoms with Gasteiger partial charge in [-0.15, -0.1) is 0 Å². The molecule has 1 unspecified atom stereocenters. The molecule has 0 spiro atoms. The van der Waals surface area contributed by atoms with Gasteiger partial charge in [-0.05, 0) is 30.0 Å². The molecule has 0 aromatic heterocycles. The summed E-state index contributed by atoms with van der Waals surface area (Å²) in [5.74, 6) is 0.587. The van der Waals surface area contributed by atoms with Gasteiger partial charge >= 0.3 is 0 Å². The SMILES string of the molecule is COc1cc(C(C)(O)C(C)(C)C)ccc1Cl. The number of ether oxygens (including phenoxy) is 1. The van der Waals surface area contributed by atoms with Crippen LogP contribution in [0.2, 0.25) is 5.02 Å². The van der Waals surface area contributed by atoms with Crippen molar-refractivity contribution in [2.45, 2.75) is 33.3 Å². The zero-order valence-corrected chi connectivity index (χ0v) is 11.2. The zero-order valence-electron chi connectivity index (χ0n) is 10.5. The van der Waals surface area contributed by atoms with E-state index >= 15 is 0 Å². The Labute approximate surface area is 102 Å². The molecule has 0 fully saturated rings. The number of benzene rings is 1. The molecule has 0 heterocycles. The minimum atomic E-state index is -0.926. The Bertz CT molecular complexity index is 378. The van der Waals surface area contributed by atoms with E-state index in [1.165, 1.54) is 0 Å². The number of methoxy groups -OCH3 is 1. The lowest BCUT2D eigenvalue weighted by Crippen LogP contribution is -2.36. The number of rotatable bonds is 2. The van der Waals surface area contributed by atoms with E-state index in [0.29, 0.717) is 10.8 Å². The summed E-state index contributed by atoms with van der Waals surface area (Å²) in [6, 6.07) is 5.36. The highest BCUT2D eigenvalue weighted by atomic mass is 35.5. The Morgan fingerprint density at radius 2 is 1.75 bits per heavy atom. The second-order valence-electron chi connectivity index (χ2n) is 5.17. The normalized spacial score (nSPS) is 15.7. The quantitative estimate of drug-likeness (QED) is 0.859. The first-order valence-corrected chi connectivity index (χ1v) is 5.64. The fourth-order valence-electron chi connectivity index (χ4n) is 1.40. The van der Waals surface area contributed by atoms with Gasteiger partial charge in [0.15, 0.2) is 0 Å². The molecule has 90 valence electrons. The van der Waals surface area contributed by atoms with E-state index in [1.807, 2.05) is 26.8 Å². The number of hydrogen-bond acceptors (Lipinski definition) is 2. The Morgan fingerprint density at radius 3 is 2.19 bits per heavy atom. The molecule has 1 rings (SSSR count). The van der Waals surface area contributed by atoms with Crippen LogP contribution in [0.15, 0.2) is 18.2 Å². The van der Waals surface area contributed by atoms with Crippen molar-refractivity contribution in [2.75, 3.05) is 7.11 Å². The average molecular weight is 243 g/mol. The number of halogens is 1. The first-order chi connectivity index (χ1) is 7.20. The minimum absolute atomic E-state index is 0.258. The lowest BCUT2D eigenvalue weighted by molar-refractivity contribution is -0.0471. The van der Waals surface area contributed by atoms with Crippen molar-refractivity contribution in [3.63, 3.8) is 0 Å². The monoisotopic (exact) mass is 242 g/mol. The first-order valence-electron chi connectivity index (χ1n) is 5.26. The van der Waals surface area contributed by atoms with E-state index in [4.69, 9.17) is 16.3 Å². The predicted octanol–water partition coefficient (Wildman–Crippen LogP) is 3.60. The van der Waals surface area contributed by atoms with E-state index in [1.54, 1.807) is 26.2 Å². The highest BCUT2D eigenvalue weighted by molar-refractivity contribution is 6.32. The number of hydrogen-bond donors (Lipinski definition) is 1. The van der Waals surface area contributed by atoms with Gasteiger partial charge in [0.1, 0.15) is 5.75 Å². The lowest BCUT2D eigenvalue weighted by atomic mass is 9.73. The lowest BCUT2D eigenvalue weighted by Gasteiger charge is -2.37. The summed E-state index contributed by atoms with van der Waals surface area (Å²) in [5, 5.41) is 11.1. The van der Waals surface area contributed by atoms with Crippen molar-refractivity contribution in [1.29, 1.82) is 0 Å². The van der Waals surface area contributed by atoms with Crippen LogP contribution in [0, 0.1) is 5.41 Å². The van der Waals surface area contributed by atoms with E-state index in [0.717, 1.165) is 5.56 Å². The first kappa shape index (κ1) is 13.3. The molecular formula is C13H19ClO2. The summed E-state index contributed by atoms with van der Waals surface area (Å²) in [6.45, 7) is 7.78. The molecule has 0 aliphatic heterocycles. The summed E-state index contributed by atoms with van der Waals surface area (Å²) in [7, 11) is 1.57. The predicted molar refractivity (Wildman–Crippen MR) is 67.0 cm³/mol. The molecule has 0 saturated heterocycles. The van der Waals surface area contributed by atoms with E-state index in [2.05, 4.69) is 0 Å². The molecule has 1 aromatic carbocycles. The molecule has 1 aromatic rings. The molecule has 0 aliphatic carbocycles. The van der Waals surface area contributed by atoms with Gasteiger partial charge in [-0.2, -0.15) is 0 Å². The van der Waals surface area contributed by atoms with E-state index in [-0.39, 0.29) is 5.41 Å². The molecule has 2 nitrogen and oxygen atoms in total. The molecule has 3 heteroatoms. The van der Waals surface area contributed by atoms with Crippen molar-refractivity contribution in [3.8, 4) is 5.75 Å². The number of aliphatic hydroxyl groups is 1. The van der Waals surface area contributed by atoms with Crippen LogP contribution in [-0.4, -0.2) is 12.2 Å². The van der Waals surface area contributed by atoms with Gasteiger partial charge < -0.3 is 9.84 Å². The van der Waals surface area contributed by atoms with Gasteiger partial charge in [0, 0.05) is 0 Å². The van der Waals surface area contributed by atoms with Crippen molar-refractivity contribution in [1.82, 2.24) is 0 Å². The standard InChI is InChI=1S/C13H19ClO2/c1-12(2,3)13(4,15)9-6-7-10(14)11(8-9)16-5/h6-8,15H,1-5H3. The van der Waals surface area contributed by atoms with Crippen molar-refractivity contribution in [2.24, 2.45) is 5.41 Å². The van der Waals surface area contributed by atoms with Gasteiger partial charge in [-0.1, -0.05) is 38.4 Å². The van der Waals surface area contributed by atoms with Crippen molar-refractivity contribution >= 4 is 11.6 Å². The van der Waals surface area contributed by atoms with Crippen molar-refractivity contribution in [3.05, 3.63) is 28.8 Å². The Balaban J connectivity index is 3.24. The second-order valence-corrected chi connectivity index (χ2v) is 5.58. The van der Waals surface area contributed by atoms with Crippen LogP contribution in [0.4, 0.5) is 0 Å². The third kappa shape index (κ3) is 2.33. The van der Waals surface area contributed by atoms with Gasteiger partial charge in [-0.3, -0.25) is 0 Å². The summed E-state index contributed by atoms with van der Waals surface area (Å²) < 4.78 is 5.15. The fourth-order valence-corrected chi connectivity index (χ4v) is 1.59. The molecule has 1 N–H and O–H groups in total. The molecule has 16 heavy (non-hydrogen) atoms. The Morgan fingerprint density at radius 1 is 1.19 bits per heavy atom. The van der Waals surface area contributed by atoms with Gasteiger partial charge in [-0.25, -0.2) is 0 Å².